The van der Waals surface area contributed by atoms with E-state index in [0.29, 0.717) is 36.6 Å². The standard InChI is InChI=1S/C21H21BrN4O3/c1-2-26-20(24-21(28)29)18(19(25-26)17-7-3-4-12-23-17)16(6-5-13-27)14-8-10-15(22)11-9-14/h3-4,7-13,16,24H,2,5-6H2,1H3,(H,28,29). The van der Waals surface area contributed by atoms with E-state index in [9.17, 15) is 14.7 Å². The molecule has 1 unspecified atom stereocenters. The van der Waals surface area contributed by atoms with Gasteiger partial charge in [-0.05, 0) is 43.2 Å². The van der Waals surface area contributed by atoms with Gasteiger partial charge in [0.15, 0.2) is 0 Å². The number of carbonyl (C=O) groups is 2. The molecule has 2 aromatic heterocycles. The van der Waals surface area contributed by atoms with Crippen molar-refractivity contribution in [1.82, 2.24) is 14.8 Å². The minimum absolute atomic E-state index is 0.229. The number of nitrogens with zero attached hydrogens (tertiary/aromatic N) is 3. The number of hydrogen-bond acceptors (Lipinski definition) is 4. The van der Waals surface area contributed by atoms with Crippen LogP contribution in [0.4, 0.5) is 10.6 Å². The van der Waals surface area contributed by atoms with Crippen LogP contribution in [0.15, 0.2) is 53.1 Å². The summed E-state index contributed by atoms with van der Waals surface area (Å²) in [5, 5.41) is 16.6. The minimum Gasteiger partial charge on any atom is -0.465 e. The molecular weight excluding hydrogens is 436 g/mol. The number of rotatable bonds is 8. The SMILES string of the molecule is CCn1nc(-c2ccccn2)c(C(CCC=O)c2ccc(Br)cc2)c1NC(=O)O. The molecule has 0 bridgehead atoms. The molecule has 7 nitrogen and oxygen atoms in total. The van der Waals surface area contributed by atoms with Gasteiger partial charge in [0, 0.05) is 35.1 Å². The molecule has 0 spiro atoms. The predicted molar refractivity (Wildman–Crippen MR) is 114 cm³/mol. The fourth-order valence-electron chi connectivity index (χ4n) is 3.37. The number of hydrogen-bond donors (Lipinski definition) is 2. The van der Waals surface area contributed by atoms with Gasteiger partial charge in [0.1, 0.15) is 17.8 Å². The molecule has 0 saturated heterocycles. The molecule has 29 heavy (non-hydrogen) atoms. The summed E-state index contributed by atoms with van der Waals surface area (Å²) in [5.41, 5.74) is 2.94. The quantitative estimate of drug-likeness (QED) is 0.468. The first-order valence-electron chi connectivity index (χ1n) is 9.26. The van der Waals surface area contributed by atoms with Gasteiger partial charge in [0.05, 0.1) is 5.69 Å². The Labute approximate surface area is 176 Å². The summed E-state index contributed by atoms with van der Waals surface area (Å²) in [5.74, 6) is 0.173. The van der Waals surface area contributed by atoms with Gasteiger partial charge in [0.2, 0.25) is 0 Å². The van der Waals surface area contributed by atoms with Crippen LogP contribution in [0, 0.1) is 0 Å². The van der Waals surface area contributed by atoms with Gasteiger partial charge in [-0.1, -0.05) is 34.1 Å². The van der Waals surface area contributed by atoms with Crippen LogP contribution in [0.2, 0.25) is 0 Å². The Morgan fingerprint density at radius 2 is 2.03 bits per heavy atom. The third-order valence-corrected chi connectivity index (χ3v) is 5.14. The Kier molecular flexibility index (Phi) is 6.77. The van der Waals surface area contributed by atoms with Crippen molar-refractivity contribution in [3.8, 4) is 11.4 Å². The second-order valence-electron chi connectivity index (χ2n) is 6.42. The van der Waals surface area contributed by atoms with E-state index in [1.165, 1.54) is 0 Å². The van der Waals surface area contributed by atoms with Crippen LogP contribution in [0.25, 0.3) is 11.4 Å². The van der Waals surface area contributed by atoms with Crippen molar-refractivity contribution < 1.29 is 14.7 Å². The van der Waals surface area contributed by atoms with Crippen LogP contribution in [0.3, 0.4) is 0 Å². The molecule has 2 N–H and O–H groups in total. The van der Waals surface area contributed by atoms with Gasteiger partial charge in [-0.25, -0.2) is 9.48 Å². The van der Waals surface area contributed by atoms with Crippen LogP contribution in [0.5, 0.6) is 0 Å². The lowest BCUT2D eigenvalue weighted by Crippen LogP contribution is -2.15. The van der Waals surface area contributed by atoms with Crippen molar-refractivity contribution in [1.29, 1.82) is 0 Å². The Bertz CT molecular complexity index is 987. The first-order valence-corrected chi connectivity index (χ1v) is 10.1. The van der Waals surface area contributed by atoms with Gasteiger partial charge in [0.25, 0.3) is 0 Å². The zero-order valence-electron chi connectivity index (χ0n) is 15.9. The van der Waals surface area contributed by atoms with E-state index in [0.717, 1.165) is 21.9 Å². The third kappa shape index (κ3) is 4.71. The molecule has 8 heteroatoms. The molecule has 1 amide bonds. The number of benzene rings is 1. The van der Waals surface area contributed by atoms with E-state index < -0.39 is 6.09 Å². The first-order chi connectivity index (χ1) is 14.0. The smallest absolute Gasteiger partial charge is 0.410 e. The second kappa shape index (κ2) is 9.47. The lowest BCUT2D eigenvalue weighted by atomic mass is 9.86. The lowest BCUT2D eigenvalue weighted by Gasteiger charge is -2.19. The molecule has 0 aliphatic rings. The maximum absolute atomic E-state index is 11.5. The highest BCUT2D eigenvalue weighted by Gasteiger charge is 2.28. The number of aryl methyl sites for hydroxylation is 1. The Hall–Kier alpha value is -3.00. The summed E-state index contributed by atoms with van der Waals surface area (Å²) < 4.78 is 2.56. The van der Waals surface area contributed by atoms with Crippen LogP contribution < -0.4 is 5.32 Å². The monoisotopic (exact) mass is 456 g/mol. The number of halogens is 1. The fourth-order valence-corrected chi connectivity index (χ4v) is 3.63. The van der Waals surface area contributed by atoms with Gasteiger partial charge in [-0.2, -0.15) is 5.10 Å². The van der Waals surface area contributed by atoms with E-state index in [4.69, 9.17) is 0 Å². The summed E-state index contributed by atoms with van der Waals surface area (Å²) in [7, 11) is 0. The summed E-state index contributed by atoms with van der Waals surface area (Å²) >= 11 is 3.44. The van der Waals surface area contributed by atoms with Crippen molar-refractivity contribution in [2.24, 2.45) is 0 Å². The van der Waals surface area contributed by atoms with Crippen molar-refractivity contribution in [2.75, 3.05) is 5.32 Å². The van der Waals surface area contributed by atoms with Crippen LogP contribution in [-0.4, -0.2) is 32.3 Å². The van der Waals surface area contributed by atoms with Crippen LogP contribution in [-0.2, 0) is 11.3 Å². The number of nitrogens with one attached hydrogen (secondary N) is 1. The van der Waals surface area contributed by atoms with E-state index in [1.807, 2.05) is 49.4 Å². The number of carbonyl (C=O) groups excluding carboxylic acids is 1. The molecule has 1 atom stereocenters. The highest BCUT2D eigenvalue weighted by Crippen LogP contribution is 2.40. The fraction of sp³-hybridized carbons (Fsp3) is 0.238. The minimum atomic E-state index is -1.17. The van der Waals surface area contributed by atoms with E-state index in [1.54, 1.807) is 10.9 Å². The zero-order chi connectivity index (χ0) is 20.8. The summed E-state index contributed by atoms with van der Waals surface area (Å²) in [6.45, 7) is 2.38. The number of aldehydes is 1. The highest BCUT2D eigenvalue weighted by atomic mass is 79.9. The van der Waals surface area contributed by atoms with Gasteiger partial charge in [-0.3, -0.25) is 10.3 Å². The van der Waals surface area contributed by atoms with E-state index in [-0.39, 0.29) is 5.92 Å². The normalized spacial score (nSPS) is 11.8. The molecule has 0 aliphatic heterocycles. The molecule has 0 radical (unpaired) electrons. The molecule has 2 heterocycles. The van der Waals surface area contributed by atoms with Gasteiger partial charge < -0.3 is 9.90 Å². The van der Waals surface area contributed by atoms with Crippen molar-refractivity contribution in [2.45, 2.75) is 32.2 Å². The number of carboxylic acid groups (broad SMARTS) is 1. The molecule has 3 rings (SSSR count). The molecule has 1 aromatic carbocycles. The average Bonchev–Trinajstić information content (AvgIpc) is 3.08. The van der Waals surface area contributed by atoms with Crippen molar-refractivity contribution >= 4 is 34.1 Å². The summed E-state index contributed by atoms with van der Waals surface area (Å²) in [6.07, 6.45) is 2.24. The molecule has 0 fully saturated rings. The Balaban J connectivity index is 2.25. The molecule has 0 aliphatic carbocycles. The lowest BCUT2D eigenvalue weighted by molar-refractivity contribution is -0.107. The second-order valence-corrected chi connectivity index (χ2v) is 7.34. The topological polar surface area (TPSA) is 97.1 Å². The number of aromatic nitrogens is 3. The summed E-state index contributed by atoms with van der Waals surface area (Å²) in [4.78, 5) is 27.1. The highest BCUT2D eigenvalue weighted by molar-refractivity contribution is 9.10. The predicted octanol–water partition coefficient (Wildman–Crippen LogP) is 4.93. The van der Waals surface area contributed by atoms with E-state index in [2.05, 4.69) is 31.3 Å². The van der Waals surface area contributed by atoms with Crippen molar-refractivity contribution in [3.05, 3.63) is 64.3 Å². The largest absolute Gasteiger partial charge is 0.465 e. The third-order valence-electron chi connectivity index (χ3n) is 4.62. The van der Waals surface area contributed by atoms with Crippen molar-refractivity contribution in [3.63, 3.8) is 0 Å². The number of anilines is 1. The van der Waals surface area contributed by atoms with Gasteiger partial charge in [-0.15, -0.1) is 0 Å². The van der Waals surface area contributed by atoms with Gasteiger partial charge >= 0.3 is 6.09 Å². The Morgan fingerprint density at radius 3 is 2.62 bits per heavy atom. The molecule has 150 valence electrons. The average molecular weight is 457 g/mol. The first kappa shape index (κ1) is 20.7. The zero-order valence-corrected chi connectivity index (χ0v) is 17.5. The van der Waals surface area contributed by atoms with Crippen LogP contribution >= 0.6 is 15.9 Å². The van der Waals surface area contributed by atoms with E-state index >= 15 is 0 Å². The maximum atomic E-state index is 11.5. The molecule has 0 saturated carbocycles. The molecular formula is C21H21BrN4O3. The number of pyridine rings is 1. The Morgan fingerprint density at radius 1 is 1.28 bits per heavy atom. The maximum Gasteiger partial charge on any atom is 0.410 e. The van der Waals surface area contributed by atoms with Crippen LogP contribution in [0.1, 0.15) is 36.8 Å². The summed E-state index contributed by atoms with van der Waals surface area (Å²) in [6, 6.07) is 13.3. The number of amides is 1. The molecule has 3 aromatic rings.